The summed E-state index contributed by atoms with van der Waals surface area (Å²) in [5.41, 5.74) is 3.09. The third-order valence-electron chi connectivity index (χ3n) is 4.84. The minimum Gasteiger partial charge on any atom is -0.350 e. The molecule has 1 saturated heterocycles. The largest absolute Gasteiger partial charge is 0.350 e. The van der Waals surface area contributed by atoms with E-state index in [2.05, 4.69) is 15.6 Å². The Labute approximate surface area is 162 Å². The lowest BCUT2D eigenvalue weighted by atomic mass is 10.1. The first-order valence-corrected chi connectivity index (χ1v) is 9.17. The van der Waals surface area contributed by atoms with Crippen LogP contribution < -0.4 is 5.32 Å². The van der Waals surface area contributed by atoms with Crippen LogP contribution in [0, 0.1) is 5.92 Å². The van der Waals surface area contributed by atoms with Gasteiger partial charge in [-0.3, -0.25) is 9.59 Å². The molecule has 3 aromatic rings. The van der Waals surface area contributed by atoms with Gasteiger partial charge >= 0.3 is 0 Å². The van der Waals surface area contributed by atoms with Crippen LogP contribution in [0.2, 0.25) is 0 Å². The summed E-state index contributed by atoms with van der Waals surface area (Å²) in [6.07, 6.45) is 0.223. The molecule has 1 aliphatic heterocycles. The van der Waals surface area contributed by atoms with Crippen LogP contribution >= 0.6 is 0 Å². The first-order valence-electron chi connectivity index (χ1n) is 9.17. The second kappa shape index (κ2) is 8.04. The summed E-state index contributed by atoms with van der Waals surface area (Å²) in [6, 6.07) is 19.3. The van der Waals surface area contributed by atoms with Gasteiger partial charge in [-0.25, -0.2) is 4.63 Å². The van der Waals surface area contributed by atoms with Crippen molar-refractivity contribution in [3.05, 3.63) is 71.9 Å². The molecule has 1 N–H and O–H groups in total. The highest BCUT2D eigenvalue weighted by molar-refractivity contribution is 5.89. The van der Waals surface area contributed by atoms with Gasteiger partial charge in [0.1, 0.15) is 11.4 Å². The number of hydrogen-bond acceptors (Lipinski definition) is 5. The summed E-state index contributed by atoms with van der Waals surface area (Å²) in [5.74, 6) is -0.528. The average Bonchev–Trinajstić information content (AvgIpc) is 3.34. The van der Waals surface area contributed by atoms with Crippen LogP contribution in [0.15, 0.2) is 65.3 Å². The second-order valence-electron chi connectivity index (χ2n) is 6.80. The van der Waals surface area contributed by atoms with E-state index < -0.39 is 0 Å². The molecule has 2 amide bonds. The summed E-state index contributed by atoms with van der Waals surface area (Å²) in [7, 11) is 0. The summed E-state index contributed by atoms with van der Waals surface area (Å²) < 4.78 is 4.84. The molecule has 4 rings (SSSR count). The summed E-state index contributed by atoms with van der Waals surface area (Å²) in [5, 5.41) is 10.7. The van der Waals surface area contributed by atoms with E-state index in [0.29, 0.717) is 24.5 Å². The monoisotopic (exact) mass is 376 g/mol. The Morgan fingerprint density at radius 1 is 1.07 bits per heavy atom. The van der Waals surface area contributed by atoms with Crippen LogP contribution in [0.5, 0.6) is 0 Å². The van der Waals surface area contributed by atoms with Gasteiger partial charge in [0.25, 0.3) is 0 Å². The lowest BCUT2D eigenvalue weighted by Gasteiger charge is -2.16. The Bertz CT molecular complexity index is 956. The number of carbonyl (C=O) groups excluding carboxylic acids is 2. The van der Waals surface area contributed by atoms with Gasteiger partial charge in [0, 0.05) is 25.1 Å². The number of rotatable bonds is 6. The Morgan fingerprint density at radius 3 is 2.54 bits per heavy atom. The Morgan fingerprint density at radius 2 is 1.79 bits per heavy atom. The third kappa shape index (κ3) is 3.93. The topological polar surface area (TPSA) is 88.3 Å². The van der Waals surface area contributed by atoms with E-state index in [4.69, 9.17) is 4.63 Å². The van der Waals surface area contributed by atoms with Crippen molar-refractivity contribution in [2.45, 2.75) is 19.5 Å². The van der Waals surface area contributed by atoms with Crippen molar-refractivity contribution in [3.8, 4) is 11.3 Å². The van der Waals surface area contributed by atoms with Gasteiger partial charge < -0.3 is 10.2 Å². The van der Waals surface area contributed by atoms with E-state index in [1.54, 1.807) is 4.90 Å². The fourth-order valence-corrected chi connectivity index (χ4v) is 3.36. The van der Waals surface area contributed by atoms with Crippen molar-refractivity contribution in [2.24, 2.45) is 5.92 Å². The molecule has 2 heterocycles. The highest BCUT2D eigenvalue weighted by Crippen LogP contribution is 2.22. The molecule has 28 heavy (non-hydrogen) atoms. The zero-order valence-corrected chi connectivity index (χ0v) is 15.2. The fourth-order valence-electron chi connectivity index (χ4n) is 3.36. The maximum atomic E-state index is 12.6. The smallest absolute Gasteiger partial charge is 0.225 e. The van der Waals surface area contributed by atoms with Gasteiger partial charge in [-0.15, -0.1) is 0 Å². The van der Waals surface area contributed by atoms with Gasteiger partial charge in [-0.1, -0.05) is 65.8 Å². The van der Waals surface area contributed by atoms with Crippen LogP contribution in [0.3, 0.4) is 0 Å². The Kier molecular flexibility index (Phi) is 5.14. The Balaban J connectivity index is 1.35. The van der Waals surface area contributed by atoms with E-state index in [0.717, 1.165) is 11.1 Å². The molecular formula is C21H20N4O3. The normalized spacial score (nSPS) is 16.4. The molecule has 7 nitrogen and oxygen atoms in total. The summed E-state index contributed by atoms with van der Waals surface area (Å²) in [4.78, 5) is 26.6. The predicted octanol–water partition coefficient (Wildman–Crippen LogP) is 2.40. The van der Waals surface area contributed by atoms with Crippen molar-refractivity contribution in [1.29, 1.82) is 0 Å². The number of amides is 2. The number of benzene rings is 2. The quantitative estimate of drug-likeness (QED) is 0.714. The summed E-state index contributed by atoms with van der Waals surface area (Å²) >= 11 is 0. The standard InChI is InChI=1S/C21H20N4O3/c26-19-11-17(14-25(19)13-15-7-3-1-4-8-15)21(27)22-12-18-20(24-28-23-18)16-9-5-2-6-10-16/h1-10,17H,11-14H2,(H,22,27). The van der Waals surface area contributed by atoms with Gasteiger partial charge in [-0.2, -0.15) is 0 Å². The van der Waals surface area contributed by atoms with E-state index in [1.165, 1.54) is 0 Å². The molecule has 1 aromatic heterocycles. The molecule has 7 heteroatoms. The predicted molar refractivity (Wildman–Crippen MR) is 102 cm³/mol. The number of carbonyl (C=O) groups is 2. The van der Waals surface area contributed by atoms with Gasteiger partial charge in [0.05, 0.1) is 12.5 Å². The molecule has 1 atom stereocenters. The first-order chi connectivity index (χ1) is 13.7. The molecule has 1 fully saturated rings. The van der Waals surface area contributed by atoms with Crippen molar-refractivity contribution >= 4 is 11.8 Å². The van der Waals surface area contributed by atoms with E-state index in [9.17, 15) is 9.59 Å². The molecule has 0 radical (unpaired) electrons. The number of hydrogen-bond donors (Lipinski definition) is 1. The van der Waals surface area contributed by atoms with Gasteiger partial charge in [0.2, 0.25) is 11.8 Å². The van der Waals surface area contributed by atoms with Crippen molar-refractivity contribution in [3.63, 3.8) is 0 Å². The second-order valence-corrected chi connectivity index (χ2v) is 6.80. The number of nitrogens with zero attached hydrogens (tertiary/aromatic N) is 3. The maximum absolute atomic E-state index is 12.6. The minimum atomic E-state index is -0.365. The minimum absolute atomic E-state index is 0.00270. The molecule has 0 aliphatic carbocycles. The number of aromatic nitrogens is 2. The van der Waals surface area contributed by atoms with Crippen LogP contribution in [0.4, 0.5) is 0 Å². The van der Waals surface area contributed by atoms with Gasteiger partial charge in [-0.05, 0) is 10.7 Å². The van der Waals surface area contributed by atoms with Gasteiger partial charge in [0.15, 0.2) is 0 Å². The molecule has 142 valence electrons. The van der Waals surface area contributed by atoms with Crippen LogP contribution in [0.1, 0.15) is 17.7 Å². The molecule has 0 spiro atoms. The van der Waals surface area contributed by atoms with E-state index in [1.807, 2.05) is 60.7 Å². The zero-order chi connectivity index (χ0) is 19.3. The molecule has 1 aliphatic rings. The number of nitrogens with one attached hydrogen (secondary N) is 1. The SMILES string of the molecule is O=C(NCc1nonc1-c1ccccc1)C1CC(=O)N(Cc2ccccc2)C1. The van der Waals surface area contributed by atoms with E-state index in [-0.39, 0.29) is 30.7 Å². The highest BCUT2D eigenvalue weighted by Gasteiger charge is 2.34. The van der Waals surface area contributed by atoms with Crippen molar-refractivity contribution < 1.29 is 14.2 Å². The highest BCUT2D eigenvalue weighted by atomic mass is 16.6. The first kappa shape index (κ1) is 17.9. The lowest BCUT2D eigenvalue weighted by molar-refractivity contribution is -0.129. The summed E-state index contributed by atoms with van der Waals surface area (Å²) in [6.45, 7) is 1.15. The van der Waals surface area contributed by atoms with Crippen LogP contribution in [-0.2, 0) is 22.7 Å². The Hall–Kier alpha value is -3.48. The zero-order valence-electron chi connectivity index (χ0n) is 15.2. The maximum Gasteiger partial charge on any atom is 0.225 e. The lowest BCUT2D eigenvalue weighted by Crippen LogP contribution is -2.32. The fraction of sp³-hybridized carbons (Fsp3) is 0.238. The molecule has 0 bridgehead atoms. The van der Waals surface area contributed by atoms with E-state index >= 15 is 0 Å². The van der Waals surface area contributed by atoms with Crippen LogP contribution in [0.25, 0.3) is 11.3 Å². The van der Waals surface area contributed by atoms with Crippen molar-refractivity contribution in [2.75, 3.05) is 6.54 Å². The molecule has 0 saturated carbocycles. The average molecular weight is 376 g/mol. The number of likely N-dealkylation sites (tertiary alicyclic amines) is 1. The third-order valence-corrected chi connectivity index (χ3v) is 4.84. The van der Waals surface area contributed by atoms with Crippen molar-refractivity contribution in [1.82, 2.24) is 20.5 Å². The molecular weight excluding hydrogens is 356 g/mol. The van der Waals surface area contributed by atoms with Crippen LogP contribution in [-0.4, -0.2) is 33.6 Å². The molecule has 1 unspecified atom stereocenters. The molecule has 2 aromatic carbocycles.